The molecule has 0 aromatic heterocycles. The van der Waals surface area contributed by atoms with Gasteiger partial charge in [0, 0.05) is 19.0 Å². The summed E-state index contributed by atoms with van der Waals surface area (Å²) in [7, 11) is 1.49. The molecule has 0 radical (unpaired) electrons. The van der Waals surface area contributed by atoms with Crippen molar-refractivity contribution in [3.8, 4) is 0 Å². The average Bonchev–Trinajstić information content (AvgIpc) is 2.27. The molecule has 0 heterocycles. The molecule has 1 aliphatic carbocycles. The SMILES string of the molecule is CNC(=O)C(=O)C(C)C1CCC(N)CC1. The van der Waals surface area contributed by atoms with E-state index < -0.39 is 5.91 Å². The first-order chi connectivity index (χ1) is 7.06. The van der Waals surface area contributed by atoms with Gasteiger partial charge in [0.1, 0.15) is 0 Å². The van der Waals surface area contributed by atoms with E-state index in [1.807, 2.05) is 6.92 Å². The number of nitrogens with two attached hydrogens (primary N) is 1. The second-order valence-electron chi connectivity index (χ2n) is 4.41. The lowest BCUT2D eigenvalue weighted by atomic mass is 9.77. The molecule has 1 unspecified atom stereocenters. The zero-order valence-corrected chi connectivity index (χ0v) is 9.45. The molecule has 0 spiro atoms. The van der Waals surface area contributed by atoms with Crippen LogP contribution in [-0.4, -0.2) is 24.8 Å². The molecule has 0 bridgehead atoms. The molecule has 1 atom stereocenters. The van der Waals surface area contributed by atoms with Crippen LogP contribution in [0.3, 0.4) is 0 Å². The zero-order valence-electron chi connectivity index (χ0n) is 9.45. The minimum Gasteiger partial charge on any atom is -0.353 e. The molecule has 1 fully saturated rings. The highest BCUT2D eigenvalue weighted by molar-refractivity contribution is 6.36. The van der Waals surface area contributed by atoms with Crippen molar-refractivity contribution in [2.45, 2.75) is 38.6 Å². The molecule has 0 aliphatic heterocycles. The predicted molar refractivity (Wildman–Crippen MR) is 58.2 cm³/mol. The van der Waals surface area contributed by atoms with Crippen LogP contribution < -0.4 is 11.1 Å². The van der Waals surface area contributed by atoms with E-state index in [4.69, 9.17) is 5.73 Å². The molecule has 1 saturated carbocycles. The Bertz CT molecular complexity index is 245. The van der Waals surface area contributed by atoms with E-state index in [9.17, 15) is 9.59 Å². The molecular weight excluding hydrogens is 192 g/mol. The number of carbonyl (C=O) groups is 2. The van der Waals surface area contributed by atoms with Gasteiger partial charge >= 0.3 is 0 Å². The second-order valence-corrected chi connectivity index (χ2v) is 4.41. The van der Waals surface area contributed by atoms with Gasteiger partial charge in [-0.1, -0.05) is 6.92 Å². The molecule has 0 aromatic rings. The lowest BCUT2D eigenvalue weighted by Gasteiger charge is -2.29. The van der Waals surface area contributed by atoms with Crippen molar-refractivity contribution in [2.24, 2.45) is 17.6 Å². The normalized spacial score (nSPS) is 28.2. The number of amides is 1. The molecule has 1 amide bonds. The van der Waals surface area contributed by atoms with Crippen LogP contribution in [0.1, 0.15) is 32.6 Å². The van der Waals surface area contributed by atoms with Crippen LogP contribution in [-0.2, 0) is 9.59 Å². The Kier molecular flexibility index (Phi) is 4.27. The van der Waals surface area contributed by atoms with Gasteiger partial charge in [-0.15, -0.1) is 0 Å². The van der Waals surface area contributed by atoms with E-state index in [1.54, 1.807) is 0 Å². The summed E-state index contributed by atoms with van der Waals surface area (Å²) in [5.41, 5.74) is 5.79. The molecule has 0 saturated heterocycles. The third kappa shape index (κ3) is 3.02. The first-order valence-electron chi connectivity index (χ1n) is 5.57. The summed E-state index contributed by atoms with van der Waals surface area (Å²) in [5, 5.41) is 2.38. The average molecular weight is 212 g/mol. The van der Waals surface area contributed by atoms with Crippen molar-refractivity contribution in [1.29, 1.82) is 0 Å². The Labute approximate surface area is 90.6 Å². The van der Waals surface area contributed by atoms with Gasteiger partial charge in [-0.05, 0) is 31.6 Å². The lowest BCUT2D eigenvalue weighted by Crippen LogP contribution is -2.37. The molecule has 0 aromatic carbocycles. The van der Waals surface area contributed by atoms with Crippen molar-refractivity contribution >= 4 is 11.7 Å². The van der Waals surface area contributed by atoms with Gasteiger partial charge in [-0.25, -0.2) is 0 Å². The number of Topliss-reactive ketones (excluding diaryl/α,β-unsaturated/α-hetero) is 1. The summed E-state index contributed by atoms with van der Waals surface area (Å²) in [6.45, 7) is 1.85. The van der Waals surface area contributed by atoms with Crippen LogP contribution in [0.25, 0.3) is 0 Å². The second kappa shape index (κ2) is 5.26. The highest BCUT2D eigenvalue weighted by Crippen LogP contribution is 2.29. The summed E-state index contributed by atoms with van der Waals surface area (Å²) in [5.74, 6) is -0.609. The van der Waals surface area contributed by atoms with E-state index >= 15 is 0 Å². The Hall–Kier alpha value is -0.900. The Balaban J connectivity index is 2.49. The van der Waals surface area contributed by atoms with Crippen LogP contribution in [0.5, 0.6) is 0 Å². The highest BCUT2D eigenvalue weighted by Gasteiger charge is 2.30. The van der Waals surface area contributed by atoms with E-state index in [1.165, 1.54) is 7.05 Å². The highest BCUT2D eigenvalue weighted by atomic mass is 16.2. The molecule has 1 aliphatic rings. The third-order valence-corrected chi connectivity index (χ3v) is 3.39. The number of nitrogens with one attached hydrogen (secondary N) is 1. The van der Waals surface area contributed by atoms with Crippen LogP contribution in [0.2, 0.25) is 0 Å². The maximum atomic E-state index is 11.6. The van der Waals surface area contributed by atoms with E-state index in [0.717, 1.165) is 25.7 Å². The quantitative estimate of drug-likeness (QED) is 0.667. The Morgan fingerprint density at radius 2 is 1.80 bits per heavy atom. The fourth-order valence-electron chi connectivity index (χ4n) is 2.19. The number of rotatable bonds is 3. The number of carbonyl (C=O) groups excluding carboxylic acids is 2. The molecule has 4 heteroatoms. The molecule has 3 N–H and O–H groups in total. The molecule has 86 valence electrons. The monoisotopic (exact) mass is 212 g/mol. The zero-order chi connectivity index (χ0) is 11.4. The standard InChI is InChI=1S/C11H20N2O2/c1-7(10(14)11(15)13-2)8-3-5-9(12)6-4-8/h7-9H,3-6,12H2,1-2H3,(H,13,15). The molecule has 1 rings (SSSR count). The number of likely N-dealkylation sites (N-methyl/N-ethyl adjacent to an activating group) is 1. The third-order valence-electron chi connectivity index (χ3n) is 3.39. The van der Waals surface area contributed by atoms with Gasteiger partial charge in [0.05, 0.1) is 0 Å². The van der Waals surface area contributed by atoms with E-state index in [0.29, 0.717) is 5.92 Å². The predicted octanol–water partition coefficient (Wildman–Crippen LogP) is 0.455. The maximum Gasteiger partial charge on any atom is 0.287 e. The summed E-state index contributed by atoms with van der Waals surface area (Å²) < 4.78 is 0. The van der Waals surface area contributed by atoms with Crippen molar-refractivity contribution in [1.82, 2.24) is 5.32 Å². The first kappa shape index (κ1) is 12.2. The largest absolute Gasteiger partial charge is 0.353 e. The summed E-state index contributed by atoms with van der Waals surface area (Å²) in [4.78, 5) is 22.8. The van der Waals surface area contributed by atoms with Gasteiger partial charge in [-0.3, -0.25) is 9.59 Å². The summed E-state index contributed by atoms with van der Waals surface area (Å²) in [6, 6.07) is 0.281. The Morgan fingerprint density at radius 3 is 2.27 bits per heavy atom. The number of hydrogen-bond acceptors (Lipinski definition) is 3. The summed E-state index contributed by atoms with van der Waals surface area (Å²) >= 11 is 0. The van der Waals surface area contributed by atoms with Gasteiger partial charge in [-0.2, -0.15) is 0 Å². The minimum absolute atomic E-state index is 0.169. The van der Waals surface area contributed by atoms with Crippen LogP contribution >= 0.6 is 0 Å². The summed E-state index contributed by atoms with van der Waals surface area (Å²) in [6.07, 6.45) is 3.86. The van der Waals surface area contributed by atoms with Gasteiger partial charge < -0.3 is 11.1 Å². The topological polar surface area (TPSA) is 72.2 Å². The first-order valence-corrected chi connectivity index (χ1v) is 5.57. The van der Waals surface area contributed by atoms with Gasteiger partial charge in [0.2, 0.25) is 5.78 Å². The van der Waals surface area contributed by atoms with Gasteiger partial charge in [0.25, 0.3) is 5.91 Å². The smallest absolute Gasteiger partial charge is 0.287 e. The van der Waals surface area contributed by atoms with Crippen molar-refractivity contribution in [3.05, 3.63) is 0 Å². The fraction of sp³-hybridized carbons (Fsp3) is 0.818. The van der Waals surface area contributed by atoms with Crippen LogP contribution in [0.4, 0.5) is 0 Å². The fourth-order valence-corrected chi connectivity index (χ4v) is 2.19. The van der Waals surface area contributed by atoms with Crippen LogP contribution in [0.15, 0.2) is 0 Å². The number of ketones is 1. The minimum atomic E-state index is -0.475. The van der Waals surface area contributed by atoms with E-state index in [2.05, 4.69) is 5.32 Å². The maximum absolute atomic E-state index is 11.6. The van der Waals surface area contributed by atoms with Crippen molar-refractivity contribution < 1.29 is 9.59 Å². The van der Waals surface area contributed by atoms with Crippen LogP contribution in [0, 0.1) is 11.8 Å². The van der Waals surface area contributed by atoms with E-state index in [-0.39, 0.29) is 17.7 Å². The number of hydrogen-bond donors (Lipinski definition) is 2. The molecular formula is C11H20N2O2. The van der Waals surface area contributed by atoms with Gasteiger partial charge in [0.15, 0.2) is 0 Å². The van der Waals surface area contributed by atoms with Crippen molar-refractivity contribution in [3.63, 3.8) is 0 Å². The van der Waals surface area contributed by atoms with Crippen molar-refractivity contribution in [2.75, 3.05) is 7.05 Å². The lowest BCUT2D eigenvalue weighted by molar-refractivity contribution is -0.140. The molecule has 15 heavy (non-hydrogen) atoms. The molecule has 4 nitrogen and oxygen atoms in total. The Morgan fingerprint density at radius 1 is 1.27 bits per heavy atom.